The molecule has 0 aliphatic rings. The number of nitrogens with two attached hydrogens (primary N) is 1. The van der Waals surface area contributed by atoms with Crippen molar-refractivity contribution in [2.45, 2.75) is 19.9 Å². The summed E-state index contributed by atoms with van der Waals surface area (Å²) in [6.45, 7) is 2.42. The molecule has 0 radical (unpaired) electrons. The summed E-state index contributed by atoms with van der Waals surface area (Å²) in [6, 6.07) is 6.96. The van der Waals surface area contributed by atoms with Gasteiger partial charge < -0.3 is 11.1 Å². The second-order valence-electron chi connectivity index (χ2n) is 3.99. The number of nitrogen functional groups attached to an aromatic ring is 1. The average molecular weight is 257 g/mol. The minimum absolute atomic E-state index is 0.239. The Hall–Kier alpha value is -2.50. The van der Waals surface area contributed by atoms with E-state index in [2.05, 4.69) is 20.5 Å². The molecule has 2 heterocycles. The van der Waals surface area contributed by atoms with Gasteiger partial charge in [-0.3, -0.25) is 9.78 Å². The van der Waals surface area contributed by atoms with Crippen LogP contribution in [0.4, 0.5) is 5.82 Å². The van der Waals surface area contributed by atoms with Crippen molar-refractivity contribution in [2.75, 3.05) is 5.73 Å². The van der Waals surface area contributed by atoms with Crippen molar-refractivity contribution in [3.8, 4) is 0 Å². The Labute approximate surface area is 111 Å². The lowest BCUT2D eigenvalue weighted by Gasteiger charge is -2.07. The predicted octanol–water partition coefficient (Wildman–Crippen LogP) is 0.946. The van der Waals surface area contributed by atoms with Crippen molar-refractivity contribution in [1.82, 2.24) is 20.5 Å². The number of anilines is 1. The van der Waals surface area contributed by atoms with Crippen LogP contribution in [-0.2, 0) is 13.0 Å². The van der Waals surface area contributed by atoms with E-state index in [-0.39, 0.29) is 17.4 Å². The molecule has 98 valence electrons. The van der Waals surface area contributed by atoms with Crippen LogP contribution in [0.1, 0.15) is 28.7 Å². The van der Waals surface area contributed by atoms with E-state index in [4.69, 9.17) is 5.73 Å². The van der Waals surface area contributed by atoms with Gasteiger partial charge in [0.1, 0.15) is 5.82 Å². The van der Waals surface area contributed by atoms with E-state index in [0.717, 1.165) is 17.7 Å². The summed E-state index contributed by atoms with van der Waals surface area (Å²) in [4.78, 5) is 16.1. The van der Waals surface area contributed by atoms with Crippen LogP contribution in [0.2, 0.25) is 0 Å². The number of hydrogen-bond acceptors (Lipinski definition) is 5. The minimum atomic E-state index is -0.291. The molecule has 2 aromatic heterocycles. The first-order valence-electron chi connectivity index (χ1n) is 6.01. The van der Waals surface area contributed by atoms with E-state index in [9.17, 15) is 4.79 Å². The molecular formula is C13H15N5O. The lowest BCUT2D eigenvalue weighted by molar-refractivity contribution is 0.0944. The Bertz CT molecular complexity index is 568. The predicted molar refractivity (Wildman–Crippen MR) is 71.2 cm³/mol. The fraction of sp³-hybridized carbons (Fsp3) is 0.231. The van der Waals surface area contributed by atoms with Gasteiger partial charge in [0.25, 0.3) is 5.91 Å². The number of carbonyl (C=O) groups excluding carboxylic acids is 1. The minimum Gasteiger partial charge on any atom is -0.382 e. The fourth-order valence-electron chi connectivity index (χ4n) is 1.67. The van der Waals surface area contributed by atoms with Gasteiger partial charge in [-0.2, -0.15) is 0 Å². The SMILES string of the molecule is CCc1cccnc1CNC(=O)c1ccc(N)nn1. The lowest BCUT2D eigenvalue weighted by Crippen LogP contribution is -2.25. The van der Waals surface area contributed by atoms with Crippen molar-refractivity contribution >= 4 is 11.7 Å². The van der Waals surface area contributed by atoms with Gasteiger partial charge in [0.05, 0.1) is 12.2 Å². The molecule has 0 saturated heterocycles. The quantitative estimate of drug-likeness (QED) is 0.850. The zero-order valence-corrected chi connectivity index (χ0v) is 10.6. The van der Waals surface area contributed by atoms with Crippen LogP contribution in [0, 0.1) is 0 Å². The number of nitrogens with one attached hydrogen (secondary N) is 1. The van der Waals surface area contributed by atoms with Crippen LogP contribution in [0.15, 0.2) is 30.5 Å². The monoisotopic (exact) mass is 257 g/mol. The highest BCUT2D eigenvalue weighted by Crippen LogP contribution is 2.06. The van der Waals surface area contributed by atoms with E-state index < -0.39 is 0 Å². The molecule has 0 atom stereocenters. The first kappa shape index (κ1) is 12.9. The van der Waals surface area contributed by atoms with Crippen LogP contribution in [0.25, 0.3) is 0 Å². The maximum atomic E-state index is 11.8. The van der Waals surface area contributed by atoms with E-state index >= 15 is 0 Å². The normalized spacial score (nSPS) is 10.2. The Morgan fingerprint density at radius 3 is 2.84 bits per heavy atom. The Kier molecular flexibility index (Phi) is 4.02. The number of hydrogen-bond donors (Lipinski definition) is 2. The number of carbonyl (C=O) groups is 1. The third-order valence-corrected chi connectivity index (χ3v) is 2.70. The largest absolute Gasteiger partial charge is 0.382 e. The van der Waals surface area contributed by atoms with Gasteiger partial charge in [0, 0.05) is 6.20 Å². The average Bonchev–Trinajstić information content (AvgIpc) is 2.45. The number of nitrogens with zero attached hydrogens (tertiary/aromatic N) is 3. The molecule has 0 unspecified atom stereocenters. The highest BCUT2D eigenvalue weighted by atomic mass is 16.1. The summed E-state index contributed by atoms with van der Waals surface area (Å²) in [5.41, 5.74) is 7.63. The topological polar surface area (TPSA) is 93.8 Å². The van der Waals surface area contributed by atoms with Gasteiger partial charge in [-0.15, -0.1) is 10.2 Å². The Morgan fingerprint density at radius 2 is 2.16 bits per heavy atom. The zero-order chi connectivity index (χ0) is 13.7. The number of aryl methyl sites for hydroxylation is 1. The van der Waals surface area contributed by atoms with Crippen molar-refractivity contribution < 1.29 is 4.79 Å². The molecule has 0 aliphatic carbocycles. The van der Waals surface area contributed by atoms with Crippen molar-refractivity contribution in [3.05, 3.63) is 47.4 Å². The highest BCUT2D eigenvalue weighted by molar-refractivity contribution is 5.92. The van der Waals surface area contributed by atoms with E-state index in [1.807, 2.05) is 19.1 Å². The molecule has 0 spiro atoms. The van der Waals surface area contributed by atoms with Gasteiger partial charge in [0.2, 0.25) is 0 Å². The molecule has 19 heavy (non-hydrogen) atoms. The number of pyridine rings is 1. The molecule has 3 N–H and O–H groups in total. The van der Waals surface area contributed by atoms with Crippen molar-refractivity contribution in [1.29, 1.82) is 0 Å². The fourth-order valence-corrected chi connectivity index (χ4v) is 1.67. The molecule has 0 saturated carbocycles. The first-order valence-corrected chi connectivity index (χ1v) is 6.01. The molecule has 6 nitrogen and oxygen atoms in total. The maximum Gasteiger partial charge on any atom is 0.272 e. The first-order chi connectivity index (χ1) is 9.20. The van der Waals surface area contributed by atoms with E-state index in [1.54, 1.807) is 12.3 Å². The smallest absolute Gasteiger partial charge is 0.272 e. The molecule has 0 aromatic carbocycles. The van der Waals surface area contributed by atoms with Gasteiger partial charge in [0.15, 0.2) is 5.69 Å². The summed E-state index contributed by atoms with van der Waals surface area (Å²) >= 11 is 0. The molecule has 2 aromatic rings. The Morgan fingerprint density at radius 1 is 1.32 bits per heavy atom. The van der Waals surface area contributed by atoms with Crippen LogP contribution >= 0.6 is 0 Å². The van der Waals surface area contributed by atoms with E-state index in [1.165, 1.54) is 6.07 Å². The molecule has 1 amide bonds. The molecule has 2 rings (SSSR count). The molecule has 0 bridgehead atoms. The second kappa shape index (κ2) is 5.90. The maximum absolute atomic E-state index is 11.8. The van der Waals surface area contributed by atoms with Gasteiger partial charge in [-0.25, -0.2) is 0 Å². The standard InChI is InChI=1S/C13H15N5O/c1-2-9-4-3-7-15-11(9)8-16-13(19)10-5-6-12(14)18-17-10/h3-7H,2,8H2,1H3,(H2,14,18)(H,16,19). The number of rotatable bonds is 4. The van der Waals surface area contributed by atoms with E-state index in [0.29, 0.717) is 6.54 Å². The lowest BCUT2D eigenvalue weighted by atomic mass is 10.1. The molecule has 0 aliphatic heterocycles. The Balaban J connectivity index is 2.02. The number of amides is 1. The van der Waals surface area contributed by atoms with Crippen molar-refractivity contribution in [2.24, 2.45) is 0 Å². The summed E-state index contributed by atoms with van der Waals surface area (Å²) in [5.74, 6) is -0.00486. The summed E-state index contributed by atoms with van der Waals surface area (Å²) in [5, 5.41) is 10.1. The second-order valence-corrected chi connectivity index (χ2v) is 3.99. The molecular weight excluding hydrogens is 242 g/mol. The van der Waals surface area contributed by atoms with Gasteiger partial charge >= 0.3 is 0 Å². The van der Waals surface area contributed by atoms with Gasteiger partial charge in [-0.05, 0) is 30.2 Å². The van der Waals surface area contributed by atoms with Gasteiger partial charge in [-0.1, -0.05) is 13.0 Å². The van der Waals surface area contributed by atoms with Crippen LogP contribution in [0.5, 0.6) is 0 Å². The third kappa shape index (κ3) is 3.25. The summed E-state index contributed by atoms with van der Waals surface area (Å²) in [7, 11) is 0. The molecule has 0 fully saturated rings. The number of aromatic nitrogens is 3. The van der Waals surface area contributed by atoms with Crippen LogP contribution < -0.4 is 11.1 Å². The third-order valence-electron chi connectivity index (χ3n) is 2.70. The molecule has 6 heteroatoms. The zero-order valence-electron chi connectivity index (χ0n) is 10.6. The van der Waals surface area contributed by atoms with Crippen LogP contribution in [0.3, 0.4) is 0 Å². The highest BCUT2D eigenvalue weighted by Gasteiger charge is 2.09. The summed E-state index contributed by atoms with van der Waals surface area (Å²) in [6.07, 6.45) is 2.59. The van der Waals surface area contributed by atoms with Crippen LogP contribution in [-0.4, -0.2) is 21.1 Å². The summed E-state index contributed by atoms with van der Waals surface area (Å²) < 4.78 is 0. The van der Waals surface area contributed by atoms with Crippen molar-refractivity contribution in [3.63, 3.8) is 0 Å².